The van der Waals surface area contributed by atoms with Crippen molar-refractivity contribution >= 4 is 43.4 Å². The molecule has 0 radical (unpaired) electrons. The van der Waals surface area contributed by atoms with Gasteiger partial charge in [-0.15, -0.1) is 16.0 Å². The summed E-state index contributed by atoms with van der Waals surface area (Å²) in [5.74, 6) is -0.274. The van der Waals surface area contributed by atoms with Crippen LogP contribution in [0.3, 0.4) is 0 Å². The van der Waals surface area contributed by atoms with Crippen LogP contribution in [0.1, 0.15) is 18.6 Å². The van der Waals surface area contributed by atoms with Gasteiger partial charge in [0.1, 0.15) is 6.10 Å². The van der Waals surface area contributed by atoms with Gasteiger partial charge in [-0.3, -0.25) is 10.1 Å². The molecule has 0 spiro atoms. The lowest BCUT2D eigenvalue weighted by molar-refractivity contribution is -0.384. The quantitative estimate of drug-likeness (QED) is 0.333. The van der Waals surface area contributed by atoms with Crippen molar-refractivity contribution in [1.29, 1.82) is 0 Å². The monoisotopic (exact) mass is 443 g/mol. The summed E-state index contributed by atoms with van der Waals surface area (Å²) < 4.78 is 53.0. The minimum Gasteiger partial charge on any atom is -0.440 e. The minimum atomic E-state index is -4.36. The van der Waals surface area contributed by atoms with Crippen LogP contribution >= 0.6 is 11.6 Å². The van der Waals surface area contributed by atoms with Crippen molar-refractivity contribution in [2.45, 2.75) is 13.0 Å². The summed E-state index contributed by atoms with van der Waals surface area (Å²) in [6.45, 7) is 0.917. The molecule has 1 unspecified atom stereocenters. The van der Waals surface area contributed by atoms with Gasteiger partial charge in [0.05, 0.1) is 17.4 Å². The van der Waals surface area contributed by atoms with Gasteiger partial charge in [-0.05, 0) is 24.6 Å². The second kappa shape index (κ2) is 8.82. The zero-order valence-electron chi connectivity index (χ0n) is 14.6. The molecule has 0 aliphatic rings. The average Bonchev–Trinajstić information content (AvgIpc) is 2.52. The molecule has 0 saturated heterocycles. The number of alkyl halides is 1. The van der Waals surface area contributed by atoms with E-state index in [-0.39, 0.29) is 16.0 Å². The highest BCUT2D eigenvalue weighted by molar-refractivity contribution is 7.91. The maximum absolute atomic E-state index is 12.4. The predicted octanol–water partition coefficient (Wildman–Crippen LogP) is 1.47. The fraction of sp³-hybridized carbons (Fsp3) is 0.462. The van der Waals surface area contributed by atoms with E-state index in [0.717, 1.165) is 0 Å². The highest BCUT2D eigenvalue weighted by atomic mass is 35.5. The van der Waals surface area contributed by atoms with Crippen molar-refractivity contribution in [2.24, 2.45) is 0 Å². The number of nitro benzene ring substituents is 1. The van der Waals surface area contributed by atoms with E-state index in [9.17, 15) is 31.7 Å². The van der Waals surface area contributed by atoms with Crippen molar-refractivity contribution in [2.75, 3.05) is 24.9 Å². The number of hydrazine groups is 1. The summed E-state index contributed by atoms with van der Waals surface area (Å²) in [4.78, 5) is 22.4. The number of halogens is 1. The summed E-state index contributed by atoms with van der Waals surface area (Å²) in [5, 5.41) is 10.7. The SMILES string of the molecule is CC(OC(=O)N(N(CCCl)S(C)(=O)=O)S(C)(=O)=O)c1ccc([N+](=O)[O-])cc1. The summed E-state index contributed by atoms with van der Waals surface area (Å²) in [5.41, 5.74) is 0.158. The van der Waals surface area contributed by atoms with E-state index >= 15 is 0 Å². The fourth-order valence-electron chi connectivity index (χ4n) is 1.99. The van der Waals surface area contributed by atoms with E-state index in [0.29, 0.717) is 22.5 Å². The largest absolute Gasteiger partial charge is 0.440 e. The molecule has 27 heavy (non-hydrogen) atoms. The number of hydrogen-bond donors (Lipinski definition) is 0. The van der Waals surface area contributed by atoms with Crippen molar-refractivity contribution in [1.82, 2.24) is 8.83 Å². The number of amides is 1. The van der Waals surface area contributed by atoms with Gasteiger partial charge >= 0.3 is 6.09 Å². The Morgan fingerprint density at radius 1 is 1.19 bits per heavy atom. The first-order valence-electron chi connectivity index (χ1n) is 7.28. The van der Waals surface area contributed by atoms with Crippen LogP contribution < -0.4 is 0 Å². The molecule has 152 valence electrons. The lowest BCUT2D eigenvalue weighted by Crippen LogP contribution is -2.52. The standard InChI is InChI=1S/C13H18ClN3O8S2/c1-10(11-4-6-12(7-5-11)17(19)20)25-13(18)16(27(3,23)24)15(9-8-14)26(2,21)22/h4-7,10H,8-9H2,1-3H3. The molecule has 0 bridgehead atoms. The first-order chi connectivity index (χ1) is 12.3. The van der Waals surface area contributed by atoms with E-state index in [1.165, 1.54) is 31.2 Å². The van der Waals surface area contributed by atoms with Crippen LogP contribution in [0, 0.1) is 10.1 Å². The number of nitro groups is 1. The number of hydrogen-bond acceptors (Lipinski definition) is 8. The van der Waals surface area contributed by atoms with Crippen molar-refractivity contribution in [3.8, 4) is 0 Å². The van der Waals surface area contributed by atoms with Gasteiger partial charge in [-0.25, -0.2) is 21.6 Å². The van der Waals surface area contributed by atoms with Crippen LogP contribution in [0.2, 0.25) is 0 Å². The van der Waals surface area contributed by atoms with Gasteiger partial charge in [-0.2, -0.15) is 0 Å². The molecule has 1 atom stereocenters. The van der Waals surface area contributed by atoms with E-state index in [2.05, 4.69) is 0 Å². The van der Waals surface area contributed by atoms with E-state index in [4.69, 9.17) is 16.3 Å². The first kappa shape index (κ1) is 23.1. The Hall–Kier alpha value is -1.96. The smallest absolute Gasteiger partial charge is 0.440 e. The van der Waals surface area contributed by atoms with Gasteiger partial charge < -0.3 is 4.74 Å². The zero-order chi connectivity index (χ0) is 21.0. The molecule has 0 saturated carbocycles. The topological polar surface area (TPSA) is 144 Å². The Balaban J connectivity index is 3.14. The fourth-order valence-corrected chi connectivity index (χ4v) is 4.46. The molecule has 14 heteroatoms. The number of non-ortho nitro benzene ring substituents is 1. The second-order valence-electron chi connectivity index (χ2n) is 5.38. The normalized spacial score (nSPS) is 13.2. The number of benzene rings is 1. The van der Waals surface area contributed by atoms with Crippen molar-refractivity contribution < 1.29 is 31.3 Å². The Bertz CT molecular complexity index is 902. The van der Waals surface area contributed by atoms with Crippen molar-refractivity contribution in [3.63, 3.8) is 0 Å². The van der Waals surface area contributed by atoms with E-state index in [1.807, 2.05) is 0 Å². The van der Waals surface area contributed by atoms with Crippen molar-refractivity contribution in [3.05, 3.63) is 39.9 Å². The number of ether oxygens (including phenoxy) is 1. The second-order valence-corrected chi connectivity index (χ2v) is 9.46. The Morgan fingerprint density at radius 2 is 1.70 bits per heavy atom. The molecule has 0 aliphatic heterocycles. The number of carbonyl (C=O) groups is 1. The first-order valence-corrected chi connectivity index (χ1v) is 11.5. The molecule has 1 amide bonds. The molecule has 0 N–H and O–H groups in total. The summed E-state index contributed by atoms with van der Waals surface area (Å²) in [7, 11) is -8.51. The van der Waals surface area contributed by atoms with E-state index in [1.54, 1.807) is 0 Å². The molecule has 11 nitrogen and oxygen atoms in total. The van der Waals surface area contributed by atoms with Crippen LogP contribution in [-0.4, -0.2) is 61.6 Å². The molecular weight excluding hydrogens is 426 g/mol. The predicted molar refractivity (Wildman–Crippen MR) is 96.9 cm³/mol. The minimum absolute atomic E-state index is 0.0212. The lowest BCUT2D eigenvalue weighted by Gasteiger charge is -2.30. The zero-order valence-corrected chi connectivity index (χ0v) is 17.0. The van der Waals surface area contributed by atoms with Gasteiger partial charge in [0.15, 0.2) is 0 Å². The van der Waals surface area contributed by atoms with Crippen LogP contribution in [-0.2, 0) is 24.8 Å². The average molecular weight is 444 g/mol. The number of sulfonamides is 2. The van der Waals surface area contributed by atoms with Gasteiger partial charge in [-0.1, -0.05) is 4.41 Å². The molecule has 1 rings (SSSR count). The molecule has 0 fully saturated rings. The summed E-state index contributed by atoms with van der Waals surface area (Å²) in [6.07, 6.45) is -1.12. The van der Waals surface area contributed by atoms with Gasteiger partial charge in [0, 0.05) is 24.6 Å². The van der Waals surface area contributed by atoms with E-state index < -0.39 is 43.7 Å². The maximum atomic E-state index is 12.4. The Morgan fingerprint density at radius 3 is 2.07 bits per heavy atom. The third-order valence-electron chi connectivity index (χ3n) is 3.18. The number of carbonyl (C=O) groups excluding carboxylic acids is 1. The summed E-state index contributed by atoms with van der Waals surface area (Å²) in [6, 6.07) is 5.02. The summed E-state index contributed by atoms with van der Waals surface area (Å²) >= 11 is 5.51. The molecule has 0 aromatic heterocycles. The Labute approximate surface area is 161 Å². The molecule has 0 aliphatic carbocycles. The van der Waals surface area contributed by atoms with Crippen LogP contribution in [0.4, 0.5) is 10.5 Å². The highest BCUT2D eigenvalue weighted by Crippen LogP contribution is 2.22. The van der Waals surface area contributed by atoms with Gasteiger partial charge in [0.25, 0.3) is 15.7 Å². The van der Waals surface area contributed by atoms with Crippen LogP contribution in [0.5, 0.6) is 0 Å². The molecular formula is C13H18ClN3O8S2. The maximum Gasteiger partial charge on any atom is 0.440 e. The van der Waals surface area contributed by atoms with Crippen LogP contribution in [0.25, 0.3) is 0 Å². The lowest BCUT2D eigenvalue weighted by atomic mass is 10.1. The van der Waals surface area contributed by atoms with Crippen LogP contribution in [0.15, 0.2) is 24.3 Å². The van der Waals surface area contributed by atoms with Gasteiger partial charge in [0.2, 0.25) is 10.0 Å². The third kappa shape index (κ3) is 6.30. The molecule has 1 aromatic carbocycles. The molecule has 1 aromatic rings. The Kier molecular flexibility index (Phi) is 7.54. The number of nitrogens with zero attached hydrogens (tertiary/aromatic N) is 3. The number of rotatable bonds is 8. The third-order valence-corrected chi connectivity index (χ3v) is 5.54. The highest BCUT2D eigenvalue weighted by Gasteiger charge is 2.37. The molecule has 0 heterocycles.